The highest BCUT2D eigenvalue weighted by atomic mass is 16.5. The van der Waals surface area contributed by atoms with Crippen LogP contribution in [0.4, 0.5) is 0 Å². The number of carboxylic acid groups (broad SMARTS) is 1. The first-order valence-corrected chi connectivity index (χ1v) is 7.01. The van der Waals surface area contributed by atoms with Crippen LogP contribution in [0.1, 0.15) is 39.0 Å². The molecule has 0 saturated heterocycles. The lowest BCUT2D eigenvalue weighted by atomic mass is 10.00. The van der Waals surface area contributed by atoms with Crippen LogP contribution in [-0.2, 0) is 9.53 Å². The van der Waals surface area contributed by atoms with Gasteiger partial charge in [-0.15, -0.1) is 0 Å². The Morgan fingerprint density at radius 2 is 2.17 bits per heavy atom. The Labute approximate surface area is 109 Å². The van der Waals surface area contributed by atoms with Crippen molar-refractivity contribution in [3.63, 3.8) is 0 Å². The second-order valence-electron chi connectivity index (χ2n) is 6.11. The number of ether oxygens (including phenoxy) is 1. The Kier molecular flexibility index (Phi) is 4.28. The van der Waals surface area contributed by atoms with E-state index >= 15 is 0 Å². The highest BCUT2D eigenvalue weighted by molar-refractivity contribution is 5.68. The number of carbonyl (C=O) groups is 1. The van der Waals surface area contributed by atoms with E-state index in [4.69, 9.17) is 9.84 Å². The largest absolute Gasteiger partial charge is 0.481 e. The van der Waals surface area contributed by atoms with Gasteiger partial charge in [-0.05, 0) is 43.9 Å². The Bertz CT molecular complexity index is 297. The van der Waals surface area contributed by atoms with Crippen molar-refractivity contribution in [3.8, 4) is 0 Å². The topological polar surface area (TPSA) is 49.8 Å². The van der Waals surface area contributed by atoms with Gasteiger partial charge in [0.25, 0.3) is 0 Å². The third-order valence-corrected chi connectivity index (χ3v) is 4.48. The van der Waals surface area contributed by atoms with Crippen LogP contribution in [0.5, 0.6) is 0 Å². The minimum absolute atomic E-state index is 0.0583. The molecule has 2 aliphatic carbocycles. The van der Waals surface area contributed by atoms with Gasteiger partial charge in [0, 0.05) is 26.2 Å². The zero-order chi connectivity index (χ0) is 13.2. The van der Waals surface area contributed by atoms with Crippen LogP contribution in [0.2, 0.25) is 0 Å². The van der Waals surface area contributed by atoms with E-state index in [1.807, 2.05) is 0 Å². The highest BCUT2D eigenvalue weighted by Crippen LogP contribution is 2.50. The van der Waals surface area contributed by atoms with Gasteiger partial charge < -0.3 is 9.84 Å². The molecule has 0 bridgehead atoms. The lowest BCUT2D eigenvalue weighted by molar-refractivity contribution is -0.138. The Balaban J connectivity index is 1.89. The summed E-state index contributed by atoms with van der Waals surface area (Å²) in [7, 11) is 1.73. The fraction of sp³-hybridized carbons (Fsp3) is 0.929. The number of rotatable bonds is 9. The van der Waals surface area contributed by atoms with Gasteiger partial charge in [0.05, 0.1) is 13.0 Å². The number of aliphatic carboxylic acids is 1. The summed E-state index contributed by atoms with van der Waals surface area (Å²) in [5, 5.41) is 8.99. The summed E-state index contributed by atoms with van der Waals surface area (Å²) < 4.78 is 5.18. The molecular formula is C14H25NO3. The molecule has 0 aliphatic heterocycles. The van der Waals surface area contributed by atoms with Crippen molar-refractivity contribution in [2.45, 2.75) is 45.1 Å². The van der Waals surface area contributed by atoms with Gasteiger partial charge in [-0.2, -0.15) is 0 Å². The molecule has 4 heteroatoms. The summed E-state index contributed by atoms with van der Waals surface area (Å²) in [4.78, 5) is 13.4. The van der Waals surface area contributed by atoms with E-state index in [1.165, 1.54) is 12.8 Å². The van der Waals surface area contributed by atoms with Gasteiger partial charge in [-0.1, -0.05) is 0 Å². The highest BCUT2D eigenvalue weighted by Gasteiger charge is 2.47. The summed E-state index contributed by atoms with van der Waals surface area (Å²) in [6.07, 6.45) is 5.13. The van der Waals surface area contributed by atoms with Crippen molar-refractivity contribution in [2.75, 3.05) is 26.8 Å². The standard InChI is InChI=1S/C14H25NO3/c1-11(12-3-4-12)15(7-8-18-2)10-14(5-6-14)9-13(16)17/h11-12H,3-10H2,1-2H3,(H,16,17). The summed E-state index contributed by atoms with van der Waals surface area (Å²) in [6.45, 7) is 4.88. The van der Waals surface area contributed by atoms with Gasteiger partial charge in [0.1, 0.15) is 0 Å². The summed E-state index contributed by atoms with van der Waals surface area (Å²) in [6, 6.07) is 0.575. The summed E-state index contributed by atoms with van der Waals surface area (Å²) in [5.41, 5.74) is 0.0583. The van der Waals surface area contributed by atoms with Crippen molar-refractivity contribution in [3.05, 3.63) is 0 Å². The molecule has 0 aromatic carbocycles. The normalized spacial score (nSPS) is 23.1. The van der Waals surface area contributed by atoms with Crippen LogP contribution in [0.25, 0.3) is 0 Å². The summed E-state index contributed by atoms with van der Waals surface area (Å²) in [5.74, 6) is 0.167. The molecule has 2 saturated carbocycles. The predicted octanol–water partition coefficient (Wildman–Crippen LogP) is 1.99. The molecule has 1 atom stereocenters. The van der Waals surface area contributed by atoms with Crippen molar-refractivity contribution in [1.29, 1.82) is 0 Å². The van der Waals surface area contributed by atoms with Crippen LogP contribution in [0.15, 0.2) is 0 Å². The smallest absolute Gasteiger partial charge is 0.303 e. The molecule has 2 fully saturated rings. The Morgan fingerprint density at radius 1 is 1.50 bits per heavy atom. The van der Waals surface area contributed by atoms with Gasteiger partial charge in [0.15, 0.2) is 0 Å². The molecule has 0 aromatic rings. The maximum absolute atomic E-state index is 10.9. The summed E-state index contributed by atoms with van der Waals surface area (Å²) >= 11 is 0. The zero-order valence-corrected chi connectivity index (χ0v) is 11.5. The van der Waals surface area contributed by atoms with E-state index in [-0.39, 0.29) is 5.41 Å². The monoisotopic (exact) mass is 255 g/mol. The van der Waals surface area contributed by atoms with Crippen LogP contribution in [0, 0.1) is 11.3 Å². The fourth-order valence-corrected chi connectivity index (χ4v) is 2.83. The van der Waals surface area contributed by atoms with E-state index < -0.39 is 5.97 Å². The van der Waals surface area contributed by atoms with E-state index in [2.05, 4.69) is 11.8 Å². The SMILES string of the molecule is COCCN(CC1(CC(=O)O)CC1)C(C)C1CC1. The molecule has 2 rings (SSSR count). The number of hydrogen-bond acceptors (Lipinski definition) is 3. The van der Waals surface area contributed by atoms with Gasteiger partial charge in [0.2, 0.25) is 0 Å². The van der Waals surface area contributed by atoms with E-state index in [9.17, 15) is 4.79 Å². The van der Waals surface area contributed by atoms with Crippen LogP contribution in [0.3, 0.4) is 0 Å². The molecule has 1 unspecified atom stereocenters. The number of nitrogens with zero attached hydrogens (tertiary/aromatic N) is 1. The first-order valence-electron chi connectivity index (χ1n) is 7.01. The maximum atomic E-state index is 10.9. The molecule has 2 aliphatic rings. The molecular weight excluding hydrogens is 230 g/mol. The van der Waals surface area contributed by atoms with Gasteiger partial charge >= 0.3 is 5.97 Å². The predicted molar refractivity (Wildman–Crippen MR) is 69.6 cm³/mol. The van der Waals surface area contributed by atoms with Crippen molar-refractivity contribution in [2.24, 2.45) is 11.3 Å². The molecule has 0 radical (unpaired) electrons. The molecule has 0 spiro atoms. The van der Waals surface area contributed by atoms with E-state index in [0.29, 0.717) is 12.5 Å². The molecule has 1 N–H and O–H groups in total. The number of hydrogen-bond donors (Lipinski definition) is 1. The Hall–Kier alpha value is -0.610. The molecule has 0 heterocycles. The molecule has 4 nitrogen and oxygen atoms in total. The average Bonchev–Trinajstić information content (AvgIpc) is 3.18. The van der Waals surface area contributed by atoms with Gasteiger partial charge in [-0.25, -0.2) is 0 Å². The maximum Gasteiger partial charge on any atom is 0.303 e. The molecule has 18 heavy (non-hydrogen) atoms. The quantitative estimate of drug-likeness (QED) is 0.684. The Morgan fingerprint density at radius 3 is 2.61 bits per heavy atom. The van der Waals surface area contributed by atoms with Crippen molar-refractivity contribution in [1.82, 2.24) is 4.90 Å². The number of methoxy groups -OCH3 is 1. The second kappa shape index (κ2) is 5.57. The van der Waals surface area contributed by atoms with Crippen LogP contribution < -0.4 is 0 Å². The van der Waals surface area contributed by atoms with Gasteiger partial charge in [-0.3, -0.25) is 9.69 Å². The third-order valence-electron chi connectivity index (χ3n) is 4.48. The van der Waals surface area contributed by atoms with Crippen LogP contribution in [-0.4, -0.2) is 48.8 Å². The number of carboxylic acids is 1. The fourth-order valence-electron chi connectivity index (χ4n) is 2.83. The third kappa shape index (κ3) is 3.69. The van der Waals surface area contributed by atoms with Crippen molar-refractivity contribution < 1.29 is 14.6 Å². The lowest BCUT2D eigenvalue weighted by Crippen LogP contribution is -2.41. The molecule has 0 amide bonds. The molecule has 0 aromatic heterocycles. The lowest BCUT2D eigenvalue weighted by Gasteiger charge is -2.32. The first kappa shape index (κ1) is 13.8. The minimum Gasteiger partial charge on any atom is -0.481 e. The van der Waals surface area contributed by atoms with E-state index in [1.54, 1.807) is 7.11 Å². The zero-order valence-electron chi connectivity index (χ0n) is 11.5. The van der Waals surface area contributed by atoms with Crippen LogP contribution >= 0.6 is 0 Å². The van der Waals surface area contributed by atoms with E-state index in [0.717, 1.165) is 38.5 Å². The minimum atomic E-state index is -0.654. The van der Waals surface area contributed by atoms with Crippen molar-refractivity contribution >= 4 is 5.97 Å². The average molecular weight is 255 g/mol. The molecule has 104 valence electrons. The second-order valence-corrected chi connectivity index (χ2v) is 6.11. The first-order chi connectivity index (χ1) is 8.56.